The van der Waals surface area contributed by atoms with Crippen LogP contribution in [0.1, 0.15) is 126 Å². The highest BCUT2D eigenvalue weighted by Gasteiger charge is 2.66. The molecule has 3 aliphatic rings. The molecule has 4 aromatic carbocycles. The van der Waals surface area contributed by atoms with Gasteiger partial charge in [-0.05, 0) is 134 Å². The van der Waals surface area contributed by atoms with Crippen LogP contribution in [0.25, 0.3) is 0 Å². The highest BCUT2D eigenvalue weighted by molar-refractivity contribution is 5.97. The van der Waals surface area contributed by atoms with E-state index >= 15 is 0 Å². The van der Waals surface area contributed by atoms with Crippen molar-refractivity contribution >= 4 is 23.1 Å². The molecule has 1 aliphatic carbocycles. The van der Waals surface area contributed by atoms with Gasteiger partial charge in [0.2, 0.25) is 5.90 Å². The van der Waals surface area contributed by atoms with Crippen molar-refractivity contribution in [2.24, 2.45) is 10.4 Å². The number of nitrogens with zero attached hydrogens (tertiary/aromatic N) is 3. The number of aryl methyl sites for hydroxylation is 5. The Labute approximate surface area is 331 Å². The predicted octanol–water partition coefficient (Wildman–Crippen LogP) is 12.9. The Morgan fingerprint density at radius 1 is 0.727 bits per heavy atom. The van der Waals surface area contributed by atoms with Crippen molar-refractivity contribution < 1.29 is 12.2 Å². The fourth-order valence-electron chi connectivity index (χ4n) is 8.99. The van der Waals surface area contributed by atoms with Crippen molar-refractivity contribution in [2.45, 2.75) is 125 Å². The summed E-state index contributed by atoms with van der Waals surface area (Å²) in [4.78, 5) is 12.7. The molecule has 0 fully saturated rings. The number of hydrogen-bond acceptors (Lipinski definition) is 5. The van der Waals surface area contributed by atoms with Crippen LogP contribution in [0.15, 0.2) is 84.0 Å². The molecule has 55 heavy (non-hydrogen) atoms. The van der Waals surface area contributed by atoms with E-state index in [1.54, 1.807) is 0 Å². The van der Waals surface area contributed by atoms with Crippen molar-refractivity contribution in [3.8, 4) is 11.5 Å². The van der Waals surface area contributed by atoms with Gasteiger partial charge in [0, 0.05) is 43.3 Å². The molecule has 2 aliphatic heterocycles. The maximum absolute atomic E-state index is 9.77. The third-order valence-corrected chi connectivity index (χ3v) is 12.3. The number of pyridine rings is 1. The van der Waals surface area contributed by atoms with Crippen LogP contribution in [-0.2, 0) is 27.5 Å². The number of aromatic nitrogens is 1. The second kappa shape index (κ2) is 12.0. The molecule has 0 saturated carbocycles. The van der Waals surface area contributed by atoms with Crippen LogP contribution in [-0.4, -0.2) is 16.5 Å². The molecule has 0 spiro atoms. The maximum Gasteiger partial charge on any atom is 0.217 e. The third kappa shape index (κ3) is 5.71. The van der Waals surface area contributed by atoms with Crippen molar-refractivity contribution in [1.29, 1.82) is 0 Å². The molecule has 0 N–H and O–H groups in total. The number of benzene rings is 4. The average molecular weight is 734 g/mol. The van der Waals surface area contributed by atoms with Crippen LogP contribution in [0, 0.1) is 40.0 Å². The Balaban J connectivity index is 1.25. The molecule has 1 aromatic heterocycles. The molecular formula is C50H57N3O2. The first kappa shape index (κ1) is 34.6. The van der Waals surface area contributed by atoms with Crippen molar-refractivity contribution in [3.63, 3.8) is 0 Å². The first-order chi connectivity index (χ1) is 26.4. The van der Waals surface area contributed by atoms with Crippen LogP contribution in [0.5, 0.6) is 11.5 Å². The number of fused-ring (bicyclic) bond motifs is 5. The monoisotopic (exact) mass is 733 g/mol. The minimum absolute atomic E-state index is 0.224. The number of anilines is 3. The van der Waals surface area contributed by atoms with E-state index in [1.807, 2.05) is 25.3 Å². The zero-order valence-corrected chi connectivity index (χ0v) is 35.2. The second-order valence-electron chi connectivity index (χ2n) is 19.1. The molecule has 0 amide bonds. The summed E-state index contributed by atoms with van der Waals surface area (Å²) in [6.45, 7) is 29.9. The summed E-state index contributed by atoms with van der Waals surface area (Å²) in [6, 6.07) is 25.7. The van der Waals surface area contributed by atoms with Crippen LogP contribution < -0.4 is 9.64 Å². The van der Waals surface area contributed by atoms with E-state index in [2.05, 4.69) is 156 Å². The molecule has 0 saturated heterocycles. The molecule has 0 unspecified atom stereocenters. The standard InChI is InChI=1S/C50H57N3O2/c1-29-15-16-43-41(19-29)48(12,13)42-20-31(3)28-51-44(42)53(43)37-17-30(2)18-38(26-37)54-39-24-34(23-36(25-39)46(6,7)8)45-52-49(14)40-22-33(5)32(4)21-35(40)27-50(49,55-45)47(9,10)11/h15-26,28H,27H2,1-14H3/t49-,50-/m1/s1/i27D2. The topological polar surface area (TPSA) is 47.0 Å². The van der Waals surface area contributed by atoms with Crippen molar-refractivity contribution in [1.82, 2.24) is 4.98 Å². The zero-order valence-electron chi connectivity index (χ0n) is 37.2. The fraction of sp³-hybridized carbons (Fsp3) is 0.400. The quantitative estimate of drug-likeness (QED) is 0.184. The lowest BCUT2D eigenvalue weighted by Crippen LogP contribution is -2.54. The lowest BCUT2D eigenvalue weighted by Gasteiger charge is -2.45. The molecule has 284 valence electrons. The lowest BCUT2D eigenvalue weighted by molar-refractivity contribution is -0.0673. The van der Waals surface area contributed by atoms with Crippen LogP contribution in [0.2, 0.25) is 0 Å². The summed E-state index contributed by atoms with van der Waals surface area (Å²) in [6.07, 6.45) is 0.136. The van der Waals surface area contributed by atoms with E-state index in [0.717, 1.165) is 56.1 Å². The van der Waals surface area contributed by atoms with Gasteiger partial charge in [0.15, 0.2) is 0 Å². The van der Waals surface area contributed by atoms with E-state index in [-0.39, 0.29) is 10.8 Å². The van der Waals surface area contributed by atoms with Gasteiger partial charge in [0.25, 0.3) is 0 Å². The molecular weight excluding hydrogens is 675 g/mol. The molecule has 5 heteroatoms. The van der Waals surface area contributed by atoms with Gasteiger partial charge in [-0.15, -0.1) is 0 Å². The first-order valence-electron chi connectivity index (χ1n) is 20.6. The molecule has 3 heterocycles. The van der Waals surface area contributed by atoms with E-state index in [0.29, 0.717) is 23.0 Å². The molecule has 5 nitrogen and oxygen atoms in total. The Bertz CT molecular complexity index is 2480. The first-order valence-corrected chi connectivity index (χ1v) is 19.6. The molecule has 8 rings (SSSR count). The Hall–Kier alpha value is -4.90. The fourth-order valence-corrected chi connectivity index (χ4v) is 8.99. The van der Waals surface area contributed by atoms with Gasteiger partial charge >= 0.3 is 0 Å². The molecule has 0 radical (unpaired) electrons. The smallest absolute Gasteiger partial charge is 0.217 e. The number of hydrogen-bond donors (Lipinski definition) is 0. The number of aliphatic imine (C=N–C) groups is 1. The zero-order chi connectivity index (χ0) is 41.4. The third-order valence-electron chi connectivity index (χ3n) is 12.3. The summed E-state index contributed by atoms with van der Waals surface area (Å²) in [5.41, 5.74) is 10.2. The average Bonchev–Trinajstić information content (AvgIpc) is 3.51. The van der Waals surface area contributed by atoms with Crippen molar-refractivity contribution in [2.75, 3.05) is 4.90 Å². The SMILES string of the molecule is [2H]C1([2H])c2cc(C)c(C)cc2[C@@]2(C)N=C(c3cc(Oc4cc(C)cc(N5c6ccc(C)cc6C(C)(C)c6cc(C)cnc65)c4)cc(C(C)(C)C)c3)O[C@@]12C(C)(C)C. The summed E-state index contributed by atoms with van der Waals surface area (Å²) in [7, 11) is 0. The minimum Gasteiger partial charge on any atom is -0.467 e. The highest BCUT2D eigenvalue weighted by Crippen LogP contribution is 2.61. The normalized spacial score (nSPS) is 22.4. The minimum atomic E-state index is -1.81. The van der Waals surface area contributed by atoms with E-state index in [4.69, 9.17) is 19.5 Å². The van der Waals surface area contributed by atoms with Gasteiger partial charge in [-0.2, -0.15) is 0 Å². The maximum atomic E-state index is 9.77. The van der Waals surface area contributed by atoms with E-state index in [1.165, 1.54) is 16.7 Å². The second-order valence-corrected chi connectivity index (χ2v) is 19.1. The predicted molar refractivity (Wildman–Crippen MR) is 227 cm³/mol. The lowest BCUT2D eigenvalue weighted by atomic mass is 9.66. The Morgan fingerprint density at radius 2 is 1.42 bits per heavy atom. The largest absolute Gasteiger partial charge is 0.467 e. The number of rotatable bonds is 4. The summed E-state index contributed by atoms with van der Waals surface area (Å²) in [5, 5.41) is 0. The van der Waals surface area contributed by atoms with Gasteiger partial charge in [-0.25, -0.2) is 9.98 Å². The van der Waals surface area contributed by atoms with Crippen LogP contribution in [0.3, 0.4) is 0 Å². The molecule has 2 atom stereocenters. The number of ether oxygens (including phenoxy) is 2. The highest BCUT2D eigenvalue weighted by atomic mass is 16.5. The van der Waals surface area contributed by atoms with E-state index < -0.39 is 22.9 Å². The van der Waals surface area contributed by atoms with Crippen molar-refractivity contribution in [3.05, 3.63) is 140 Å². The molecule has 5 aromatic rings. The summed E-state index contributed by atoms with van der Waals surface area (Å²) >= 11 is 0. The Morgan fingerprint density at radius 3 is 2.13 bits per heavy atom. The van der Waals surface area contributed by atoms with Gasteiger partial charge in [-0.1, -0.05) is 85.2 Å². The van der Waals surface area contributed by atoms with Crippen LogP contribution in [0.4, 0.5) is 17.2 Å². The van der Waals surface area contributed by atoms with Gasteiger partial charge in [-0.3, -0.25) is 4.90 Å². The van der Waals surface area contributed by atoms with Gasteiger partial charge in [0.05, 0.1) is 11.4 Å². The summed E-state index contributed by atoms with van der Waals surface area (Å²) < 4.78 is 33.5. The summed E-state index contributed by atoms with van der Waals surface area (Å²) in [5.74, 6) is 2.72. The van der Waals surface area contributed by atoms with Gasteiger partial charge in [0.1, 0.15) is 28.5 Å². The molecule has 0 bridgehead atoms. The van der Waals surface area contributed by atoms with Crippen LogP contribution >= 0.6 is 0 Å². The van der Waals surface area contributed by atoms with E-state index in [9.17, 15) is 2.74 Å². The van der Waals surface area contributed by atoms with Gasteiger partial charge < -0.3 is 9.47 Å². The Kier molecular flexibility index (Phi) is 7.58.